The number of hydrogen-bond acceptors (Lipinski definition) is 5. The van der Waals surface area contributed by atoms with Gasteiger partial charge in [-0.25, -0.2) is 4.98 Å². The first-order valence-electron chi connectivity index (χ1n) is 6.86. The lowest BCUT2D eigenvalue weighted by atomic mass is 10.0. The van der Waals surface area contributed by atoms with Crippen LogP contribution in [0.15, 0.2) is 11.1 Å². The van der Waals surface area contributed by atoms with Crippen LogP contribution >= 0.6 is 11.5 Å². The summed E-state index contributed by atoms with van der Waals surface area (Å²) in [6.45, 7) is 0.777. The lowest BCUT2D eigenvalue weighted by Crippen LogP contribution is -2.23. The zero-order chi connectivity index (χ0) is 13.2. The molecule has 0 aliphatic heterocycles. The number of rotatable bonds is 2. The van der Waals surface area contributed by atoms with Crippen LogP contribution in [-0.2, 0) is 6.54 Å². The van der Waals surface area contributed by atoms with Crippen LogP contribution in [0.25, 0.3) is 10.2 Å². The summed E-state index contributed by atoms with van der Waals surface area (Å²) in [6, 6.07) is 0. The van der Waals surface area contributed by atoms with Crippen molar-refractivity contribution in [3.8, 4) is 0 Å². The molecule has 6 heteroatoms. The molecule has 0 atom stereocenters. The van der Waals surface area contributed by atoms with Crippen LogP contribution in [0.5, 0.6) is 0 Å². The molecule has 1 saturated carbocycles. The largest absolute Gasteiger partial charge is 0.381 e. The first-order chi connectivity index (χ1) is 9.25. The zero-order valence-corrected chi connectivity index (χ0v) is 11.7. The van der Waals surface area contributed by atoms with E-state index in [9.17, 15) is 4.79 Å². The molecule has 0 aromatic carbocycles. The van der Waals surface area contributed by atoms with Crippen molar-refractivity contribution >= 4 is 27.6 Å². The fourth-order valence-corrected chi connectivity index (χ4v) is 3.54. The fraction of sp³-hybridized carbons (Fsp3) is 0.615. The van der Waals surface area contributed by atoms with Gasteiger partial charge in [0.25, 0.3) is 5.56 Å². The Morgan fingerprint density at radius 3 is 2.79 bits per heavy atom. The molecule has 2 N–H and O–H groups in total. The SMILES string of the molecule is Nc1nsc2c(=O)n(CC3CCCCCC3)cnc12. The van der Waals surface area contributed by atoms with Gasteiger partial charge in [-0.05, 0) is 30.3 Å². The molecule has 0 saturated heterocycles. The minimum absolute atomic E-state index is 0.00319. The summed E-state index contributed by atoms with van der Waals surface area (Å²) in [5, 5.41) is 0. The highest BCUT2D eigenvalue weighted by molar-refractivity contribution is 7.13. The normalized spacial score (nSPS) is 17.7. The number of hydrogen-bond donors (Lipinski definition) is 1. The Balaban J connectivity index is 1.88. The van der Waals surface area contributed by atoms with Gasteiger partial charge in [-0.1, -0.05) is 25.7 Å². The molecule has 1 fully saturated rings. The van der Waals surface area contributed by atoms with Crippen molar-refractivity contribution in [1.82, 2.24) is 13.9 Å². The number of nitrogens with zero attached hydrogens (tertiary/aromatic N) is 3. The first kappa shape index (κ1) is 12.6. The summed E-state index contributed by atoms with van der Waals surface area (Å²) in [4.78, 5) is 16.6. The van der Waals surface area contributed by atoms with Gasteiger partial charge in [0.2, 0.25) is 0 Å². The Morgan fingerprint density at radius 2 is 2.05 bits per heavy atom. The molecule has 0 spiro atoms. The monoisotopic (exact) mass is 278 g/mol. The minimum atomic E-state index is 0.00319. The van der Waals surface area contributed by atoms with E-state index < -0.39 is 0 Å². The Bertz CT molecular complexity index is 625. The highest BCUT2D eigenvalue weighted by Crippen LogP contribution is 2.24. The molecule has 0 radical (unpaired) electrons. The van der Waals surface area contributed by atoms with Gasteiger partial charge in [0.1, 0.15) is 10.2 Å². The maximum absolute atomic E-state index is 12.3. The van der Waals surface area contributed by atoms with Gasteiger partial charge in [0.15, 0.2) is 5.82 Å². The Hall–Kier alpha value is -1.43. The highest BCUT2D eigenvalue weighted by atomic mass is 32.1. The molecule has 2 aromatic rings. The third-order valence-electron chi connectivity index (χ3n) is 3.90. The maximum Gasteiger partial charge on any atom is 0.273 e. The molecular formula is C13H18N4OS. The molecule has 3 rings (SSSR count). The van der Waals surface area contributed by atoms with Crippen LogP contribution in [0.3, 0.4) is 0 Å². The first-order valence-corrected chi connectivity index (χ1v) is 7.63. The Morgan fingerprint density at radius 1 is 1.32 bits per heavy atom. The molecule has 5 nitrogen and oxygen atoms in total. The molecule has 102 valence electrons. The Labute approximate surface area is 115 Å². The van der Waals surface area contributed by atoms with Crippen molar-refractivity contribution in [2.24, 2.45) is 5.92 Å². The van der Waals surface area contributed by atoms with Crippen molar-refractivity contribution in [2.75, 3.05) is 5.73 Å². The molecule has 1 aliphatic carbocycles. The third kappa shape index (κ3) is 2.49. The van der Waals surface area contributed by atoms with E-state index in [1.165, 1.54) is 38.5 Å². The highest BCUT2D eigenvalue weighted by Gasteiger charge is 2.16. The van der Waals surface area contributed by atoms with Crippen molar-refractivity contribution < 1.29 is 0 Å². The molecule has 2 heterocycles. The molecule has 1 aliphatic rings. The van der Waals surface area contributed by atoms with Crippen LogP contribution in [0.2, 0.25) is 0 Å². The number of aromatic nitrogens is 3. The quantitative estimate of drug-likeness (QED) is 0.856. The topological polar surface area (TPSA) is 73.8 Å². The van der Waals surface area contributed by atoms with Crippen LogP contribution in [0.4, 0.5) is 5.82 Å². The van der Waals surface area contributed by atoms with Crippen molar-refractivity contribution in [2.45, 2.75) is 45.1 Å². The van der Waals surface area contributed by atoms with Gasteiger partial charge in [-0.15, -0.1) is 0 Å². The maximum atomic E-state index is 12.3. The third-order valence-corrected chi connectivity index (χ3v) is 4.74. The molecule has 2 aromatic heterocycles. The van der Waals surface area contributed by atoms with Crippen molar-refractivity contribution in [1.29, 1.82) is 0 Å². The van der Waals surface area contributed by atoms with Gasteiger partial charge in [-0.3, -0.25) is 9.36 Å². The van der Waals surface area contributed by atoms with Crippen LogP contribution in [-0.4, -0.2) is 13.9 Å². The second-order valence-electron chi connectivity index (χ2n) is 5.31. The average molecular weight is 278 g/mol. The number of fused-ring (bicyclic) bond motifs is 1. The molecule has 0 amide bonds. The van der Waals surface area contributed by atoms with Gasteiger partial charge < -0.3 is 5.73 Å². The van der Waals surface area contributed by atoms with E-state index in [2.05, 4.69) is 9.36 Å². The van der Waals surface area contributed by atoms with E-state index >= 15 is 0 Å². The number of anilines is 1. The van der Waals surface area contributed by atoms with E-state index in [1.54, 1.807) is 10.9 Å². The van der Waals surface area contributed by atoms with E-state index in [1.807, 2.05) is 0 Å². The summed E-state index contributed by atoms with van der Waals surface area (Å²) in [5.74, 6) is 0.962. The minimum Gasteiger partial charge on any atom is -0.381 e. The predicted molar refractivity (Wildman–Crippen MR) is 77.3 cm³/mol. The number of nitrogen functional groups attached to an aromatic ring is 1. The molecule has 19 heavy (non-hydrogen) atoms. The summed E-state index contributed by atoms with van der Waals surface area (Å²) in [7, 11) is 0. The van der Waals surface area contributed by atoms with E-state index in [-0.39, 0.29) is 5.56 Å². The summed E-state index contributed by atoms with van der Waals surface area (Å²) < 4.78 is 6.31. The average Bonchev–Trinajstić information content (AvgIpc) is 2.63. The smallest absolute Gasteiger partial charge is 0.273 e. The van der Waals surface area contributed by atoms with Gasteiger partial charge in [0, 0.05) is 6.54 Å². The van der Waals surface area contributed by atoms with E-state index in [4.69, 9.17) is 5.73 Å². The second kappa shape index (κ2) is 5.28. The van der Waals surface area contributed by atoms with E-state index in [0.29, 0.717) is 22.0 Å². The molecular weight excluding hydrogens is 260 g/mol. The van der Waals surface area contributed by atoms with Crippen LogP contribution in [0, 0.1) is 5.92 Å². The lowest BCUT2D eigenvalue weighted by molar-refractivity contribution is 0.389. The van der Waals surface area contributed by atoms with E-state index in [0.717, 1.165) is 18.1 Å². The molecule has 0 unspecified atom stereocenters. The second-order valence-corrected chi connectivity index (χ2v) is 6.08. The standard InChI is InChI=1S/C13H18N4OS/c14-12-10-11(19-16-12)13(18)17(8-15-10)7-9-5-3-1-2-4-6-9/h8-9H,1-7H2,(H2,14,16). The predicted octanol–water partition coefficient (Wildman–Crippen LogP) is 2.41. The Kier molecular flexibility index (Phi) is 3.50. The number of nitrogens with two attached hydrogens (primary N) is 1. The fourth-order valence-electron chi connectivity index (χ4n) is 2.83. The van der Waals surface area contributed by atoms with Gasteiger partial charge in [-0.2, -0.15) is 4.37 Å². The van der Waals surface area contributed by atoms with Crippen LogP contribution < -0.4 is 11.3 Å². The molecule has 0 bridgehead atoms. The summed E-state index contributed by atoms with van der Waals surface area (Å²) in [5.41, 5.74) is 6.24. The van der Waals surface area contributed by atoms with Gasteiger partial charge >= 0.3 is 0 Å². The summed E-state index contributed by atoms with van der Waals surface area (Å²) >= 11 is 1.15. The lowest BCUT2D eigenvalue weighted by Gasteiger charge is -2.15. The zero-order valence-electron chi connectivity index (χ0n) is 10.8. The van der Waals surface area contributed by atoms with Crippen LogP contribution in [0.1, 0.15) is 38.5 Å². The van der Waals surface area contributed by atoms with Crippen molar-refractivity contribution in [3.05, 3.63) is 16.7 Å². The van der Waals surface area contributed by atoms with Gasteiger partial charge in [0.05, 0.1) is 6.33 Å². The summed E-state index contributed by atoms with van der Waals surface area (Å²) in [6.07, 6.45) is 9.28. The van der Waals surface area contributed by atoms with Crippen molar-refractivity contribution in [3.63, 3.8) is 0 Å².